The van der Waals surface area contributed by atoms with Gasteiger partial charge in [0.1, 0.15) is 5.75 Å². The number of anilines is 1. The van der Waals surface area contributed by atoms with E-state index in [1.807, 2.05) is 49.1 Å². The average molecular weight is 283 g/mol. The predicted octanol–water partition coefficient (Wildman–Crippen LogP) is 3.44. The van der Waals surface area contributed by atoms with Crippen LogP contribution in [0.25, 0.3) is 22.2 Å². The van der Waals surface area contributed by atoms with Gasteiger partial charge in [0, 0.05) is 13.1 Å². The summed E-state index contributed by atoms with van der Waals surface area (Å²) in [6.07, 6.45) is 0. The molecule has 3 aromatic rings. The van der Waals surface area contributed by atoms with Gasteiger partial charge in [0.15, 0.2) is 0 Å². The third kappa shape index (κ3) is 2.42. The molecule has 0 saturated carbocycles. The maximum Gasteiger partial charge on any atom is 0.266 e. The summed E-state index contributed by atoms with van der Waals surface area (Å²) in [5, 5.41) is 16.2. The van der Waals surface area contributed by atoms with Crippen LogP contribution >= 0.6 is 0 Å². The van der Waals surface area contributed by atoms with E-state index in [-0.39, 0.29) is 5.75 Å². The van der Waals surface area contributed by atoms with Crippen LogP contribution in [0, 0.1) is 0 Å². The van der Waals surface area contributed by atoms with Crippen LogP contribution in [0.4, 0.5) is 5.95 Å². The molecule has 0 saturated heterocycles. The molecular weight excluding hydrogens is 266 g/mol. The smallest absolute Gasteiger partial charge is 0.266 e. The van der Waals surface area contributed by atoms with E-state index >= 15 is 0 Å². The topological polar surface area (TPSA) is 62.4 Å². The Hall–Kier alpha value is -2.56. The van der Waals surface area contributed by atoms with E-state index in [0.717, 1.165) is 23.9 Å². The minimum Gasteiger partial charge on any atom is -0.507 e. The molecule has 5 nitrogen and oxygen atoms in total. The molecule has 1 N–H and O–H groups in total. The van der Waals surface area contributed by atoms with Gasteiger partial charge in [-0.3, -0.25) is 0 Å². The minimum atomic E-state index is 0.142. The lowest BCUT2D eigenvalue weighted by atomic mass is 10.1. The summed E-state index contributed by atoms with van der Waals surface area (Å²) in [5.41, 5.74) is 0.555. The van der Waals surface area contributed by atoms with Gasteiger partial charge in [-0.15, -0.1) is 0 Å². The highest BCUT2D eigenvalue weighted by Crippen LogP contribution is 2.33. The second-order valence-corrected chi connectivity index (χ2v) is 4.79. The van der Waals surface area contributed by atoms with E-state index in [4.69, 9.17) is 4.52 Å². The molecule has 5 heteroatoms. The molecule has 0 atom stereocenters. The van der Waals surface area contributed by atoms with E-state index in [2.05, 4.69) is 10.1 Å². The number of nitrogens with zero attached hydrogens (tertiary/aromatic N) is 3. The van der Waals surface area contributed by atoms with Crippen molar-refractivity contribution in [3.05, 3.63) is 36.4 Å². The standard InChI is InChI=1S/C16H17N3O2/c1-3-19(4-2)16-17-15(21-18-16)13-9-11-7-5-6-8-12(11)10-14(13)20/h5-10,20H,3-4H2,1-2H3. The number of phenolic OH excluding ortho intramolecular Hbond substituents is 1. The van der Waals surface area contributed by atoms with E-state index in [9.17, 15) is 5.11 Å². The molecule has 0 fully saturated rings. The van der Waals surface area contributed by atoms with Gasteiger partial charge in [-0.2, -0.15) is 4.98 Å². The lowest BCUT2D eigenvalue weighted by Gasteiger charge is -2.14. The fourth-order valence-electron chi connectivity index (χ4n) is 2.36. The predicted molar refractivity (Wildman–Crippen MR) is 82.5 cm³/mol. The monoisotopic (exact) mass is 283 g/mol. The van der Waals surface area contributed by atoms with Crippen molar-refractivity contribution in [2.75, 3.05) is 18.0 Å². The Kier molecular flexibility index (Phi) is 3.48. The fourth-order valence-corrected chi connectivity index (χ4v) is 2.36. The van der Waals surface area contributed by atoms with Gasteiger partial charge in [0.2, 0.25) is 0 Å². The zero-order valence-corrected chi connectivity index (χ0v) is 12.1. The van der Waals surface area contributed by atoms with Crippen LogP contribution in [0.15, 0.2) is 40.9 Å². The Labute approximate surface area is 122 Å². The van der Waals surface area contributed by atoms with Gasteiger partial charge in [-0.25, -0.2) is 0 Å². The molecule has 0 radical (unpaired) electrons. The maximum absolute atomic E-state index is 10.2. The van der Waals surface area contributed by atoms with Crippen LogP contribution in [0.1, 0.15) is 13.8 Å². The third-order valence-electron chi connectivity index (χ3n) is 3.56. The molecule has 0 unspecified atom stereocenters. The second kappa shape index (κ2) is 5.44. The summed E-state index contributed by atoms with van der Waals surface area (Å²) in [4.78, 5) is 6.37. The highest BCUT2D eigenvalue weighted by Gasteiger charge is 2.16. The molecule has 2 aromatic carbocycles. The van der Waals surface area contributed by atoms with Crippen molar-refractivity contribution in [3.8, 4) is 17.2 Å². The first-order valence-electron chi connectivity index (χ1n) is 7.03. The molecule has 1 heterocycles. The first kappa shape index (κ1) is 13.4. The van der Waals surface area contributed by atoms with Gasteiger partial charge < -0.3 is 14.5 Å². The summed E-state index contributed by atoms with van der Waals surface area (Å²) in [6, 6.07) is 11.4. The largest absolute Gasteiger partial charge is 0.507 e. The lowest BCUT2D eigenvalue weighted by molar-refractivity contribution is 0.423. The third-order valence-corrected chi connectivity index (χ3v) is 3.56. The number of benzene rings is 2. The van der Waals surface area contributed by atoms with Crippen LogP contribution < -0.4 is 4.90 Å². The van der Waals surface area contributed by atoms with Gasteiger partial charge in [0.05, 0.1) is 5.56 Å². The van der Waals surface area contributed by atoms with Gasteiger partial charge in [-0.1, -0.05) is 24.3 Å². The van der Waals surface area contributed by atoms with Crippen molar-refractivity contribution >= 4 is 16.7 Å². The molecule has 108 valence electrons. The van der Waals surface area contributed by atoms with Crippen molar-refractivity contribution in [3.63, 3.8) is 0 Å². The van der Waals surface area contributed by atoms with Crippen molar-refractivity contribution in [2.45, 2.75) is 13.8 Å². The lowest BCUT2D eigenvalue weighted by Crippen LogP contribution is -2.22. The molecule has 0 amide bonds. The summed E-state index contributed by atoms with van der Waals surface area (Å²) in [5.74, 6) is 1.02. The summed E-state index contributed by atoms with van der Waals surface area (Å²) >= 11 is 0. The molecule has 0 aliphatic rings. The van der Waals surface area contributed by atoms with Gasteiger partial charge in [-0.05, 0) is 41.9 Å². The molecule has 0 spiro atoms. The zero-order chi connectivity index (χ0) is 14.8. The summed E-state index contributed by atoms with van der Waals surface area (Å²) in [7, 11) is 0. The zero-order valence-electron chi connectivity index (χ0n) is 12.1. The molecule has 0 aliphatic heterocycles. The van der Waals surface area contributed by atoms with Crippen LogP contribution in [0.2, 0.25) is 0 Å². The summed E-state index contributed by atoms with van der Waals surface area (Å²) < 4.78 is 5.30. The number of hydrogen-bond acceptors (Lipinski definition) is 5. The summed E-state index contributed by atoms with van der Waals surface area (Å²) in [6.45, 7) is 5.68. The minimum absolute atomic E-state index is 0.142. The van der Waals surface area contributed by atoms with E-state index in [1.165, 1.54) is 0 Å². The SMILES string of the molecule is CCN(CC)c1noc(-c2cc3ccccc3cc2O)n1. The molecule has 1 aromatic heterocycles. The van der Waals surface area contributed by atoms with Crippen molar-refractivity contribution < 1.29 is 9.63 Å². The maximum atomic E-state index is 10.2. The van der Waals surface area contributed by atoms with Crippen LogP contribution in [0.5, 0.6) is 5.75 Å². The number of fused-ring (bicyclic) bond motifs is 1. The Balaban J connectivity index is 2.06. The Morgan fingerprint density at radius 2 is 1.76 bits per heavy atom. The average Bonchev–Trinajstić information content (AvgIpc) is 2.97. The van der Waals surface area contributed by atoms with Gasteiger partial charge in [0.25, 0.3) is 11.8 Å². The van der Waals surface area contributed by atoms with Crippen molar-refractivity contribution in [2.24, 2.45) is 0 Å². The molecule has 21 heavy (non-hydrogen) atoms. The number of rotatable bonds is 4. The number of aromatic nitrogens is 2. The quantitative estimate of drug-likeness (QED) is 0.794. The molecular formula is C16H17N3O2. The molecule has 3 rings (SSSR count). The number of phenols is 1. The van der Waals surface area contributed by atoms with Gasteiger partial charge >= 0.3 is 0 Å². The Morgan fingerprint density at radius 3 is 2.43 bits per heavy atom. The van der Waals surface area contributed by atoms with Crippen LogP contribution in [-0.4, -0.2) is 28.3 Å². The van der Waals surface area contributed by atoms with Crippen molar-refractivity contribution in [1.82, 2.24) is 10.1 Å². The molecule has 0 aliphatic carbocycles. The van der Waals surface area contributed by atoms with E-state index in [1.54, 1.807) is 6.07 Å². The Bertz CT molecular complexity index is 763. The van der Waals surface area contributed by atoms with Crippen LogP contribution in [-0.2, 0) is 0 Å². The highest BCUT2D eigenvalue weighted by molar-refractivity contribution is 5.89. The van der Waals surface area contributed by atoms with Crippen molar-refractivity contribution in [1.29, 1.82) is 0 Å². The number of aromatic hydroxyl groups is 1. The second-order valence-electron chi connectivity index (χ2n) is 4.79. The van der Waals surface area contributed by atoms with E-state index in [0.29, 0.717) is 17.4 Å². The van der Waals surface area contributed by atoms with Crippen LogP contribution in [0.3, 0.4) is 0 Å². The molecule has 0 bridgehead atoms. The first-order chi connectivity index (χ1) is 10.2. The highest BCUT2D eigenvalue weighted by atomic mass is 16.5. The van der Waals surface area contributed by atoms with E-state index < -0.39 is 0 Å². The normalized spacial score (nSPS) is 11.0. The fraction of sp³-hybridized carbons (Fsp3) is 0.250. The number of hydrogen-bond donors (Lipinski definition) is 1. The Morgan fingerprint density at radius 1 is 1.10 bits per heavy atom. The first-order valence-corrected chi connectivity index (χ1v) is 7.03.